The number of ether oxygens (including phenoxy) is 2. The molecule has 12 heteroatoms. The second kappa shape index (κ2) is 9.07. The molecule has 8 nitrogen and oxygen atoms in total. The number of hydrogen-bond donors (Lipinski definition) is 0. The Hall–Kier alpha value is -1.89. The Labute approximate surface area is 160 Å². The van der Waals surface area contributed by atoms with Crippen LogP contribution in [0.3, 0.4) is 0 Å². The van der Waals surface area contributed by atoms with E-state index >= 15 is 0 Å². The molecule has 1 aromatic rings. The highest BCUT2D eigenvalue weighted by Crippen LogP contribution is 2.29. The Kier molecular flexibility index (Phi) is 7.26. The van der Waals surface area contributed by atoms with Crippen LogP contribution in [-0.4, -0.2) is 58.0 Å². The fraction of sp³-hybridized carbons (Fsp3) is 0.562. The second-order valence-electron chi connectivity index (χ2n) is 5.96. The van der Waals surface area contributed by atoms with E-state index in [0.717, 1.165) is 16.4 Å². The lowest BCUT2D eigenvalue weighted by molar-refractivity contribution is -0.274. The van der Waals surface area contributed by atoms with Crippen LogP contribution in [0, 0.1) is 0 Å². The minimum Gasteiger partial charge on any atom is -0.406 e. The van der Waals surface area contributed by atoms with Crippen molar-refractivity contribution in [2.24, 2.45) is 0 Å². The molecule has 0 N–H and O–H groups in total. The maximum Gasteiger partial charge on any atom is 0.573 e. The van der Waals surface area contributed by atoms with Crippen LogP contribution in [0.4, 0.5) is 13.2 Å². The summed E-state index contributed by atoms with van der Waals surface area (Å²) in [5.74, 6) is -1.44. The highest BCUT2D eigenvalue weighted by atomic mass is 32.2. The van der Waals surface area contributed by atoms with Crippen molar-refractivity contribution in [2.45, 2.75) is 37.1 Å². The van der Waals surface area contributed by atoms with Gasteiger partial charge in [-0.2, -0.15) is 9.19 Å². The summed E-state index contributed by atoms with van der Waals surface area (Å²) in [6, 6.07) is 3.00. The number of epoxide rings is 1. The van der Waals surface area contributed by atoms with Crippen LogP contribution in [0.15, 0.2) is 23.1 Å². The smallest absolute Gasteiger partial charge is 0.406 e. The predicted molar refractivity (Wildman–Crippen MR) is 88.7 cm³/mol. The van der Waals surface area contributed by atoms with Gasteiger partial charge in [0.1, 0.15) is 5.75 Å². The Morgan fingerprint density at radius 3 is 2.57 bits per heavy atom. The van der Waals surface area contributed by atoms with Gasteiger partial charge in [0.05, 0.1) is 30.6 Å². The molecule has 0 amide bonds. The highest BCUT2D eigenvalue weighted by Gasteiger charge is 2.33. The quantitative estimate of drug-likeness (QED) is 0.320. The summed E-state index contributed by atoms with van der Waals surface area (Å²) in [4.78, 5) is 20.0. The number of rotatable bonds is 10. The third-order valence-corrected chi connectivity index (χ3v) is 5.43. The minimum atomic E-state index is -5.00. The van der Waals surface area contributed by atoms with Crippen LogP contribution in [0.2, 0.25) is 0 Å². The molecule has 28 heavy (non-hydrogen) atoms. The topological polar surface area (TPSA) is 94.7 Å². The molecular weight excluding hydrogens is 407 g/mol. The number of hydrogen-bond acceptors (Lipinski definition) is 7. The van der Waals surface area contributed by atoms with E-state index < -0.39 is 28.1 Å². The third-order valence-electron chi connectivity index (χ3n) is 3.63. The van der Waals surface area contributed by atoms with Crippen LogP contribution in [0.1, 0.15) is 18.9 Å². The minimum absolute atomic E-state index is 0.0705. The molecule has 0 unspecified atom stereocenters. The number of alkyl halides is 3. The molecule has 0 spiro atoms. The zero-order valence-electron chi connectivity index (χ0n) is 15.2. The third kappa shape index (κ3) is 6.93. The molecular formula is C16H20F3NO7S. The molecule has 158 valence electrons. The standard InChI is InChI=1S/C16H20F3NO7S/c1-3-25-27-15(21)5-4-11-6-12(26-16(17,18)19)8-14(7-11)28(22,23)20(2)9-13-10-24-13/h6-8,13H,3-5,9-10H2,1-2H3/t13-/m0/s1. The lowest BCUT2D eigenvalue weighted by atomic mass is 10.1. The molecule has 0 aromatic heterocycles. The molecule has 1 atom stereocenters. The van der Waals surface area contributed by atoms with E-state index in [2.05, 4.69) is 14.5 Å². The van der Waals surface area contributed by atoms with Gasteiger partial charge in [-0.1, -0.05) is 0 Å². The number of sulfonamides is 1. The molecule has 1 heterocycles. The van der Waals surface area contributed by atoms with E-state index in [4.69, 9.17) is 4.74 Å². The van der Waals surface area contributed by atoms with E-state index in [9.17, 15) is 26.4 Å². The first-order chi connectivity index (χ1) is 13.0. The molecule has 1 aromatic carbocycles. The summed E-state index contributed by atoms with van der Waals surface area (Å²) in [6.45, 7) is 2.23. The van der Waals surface area contributed by atoms with Gasteiger partial charge in [-0.15, -0.1) is 13.2 Å². The summed E-state index contributed by atoms with van der Waals surface area (Å²) < 4.78 is 73.0. The zero-order chi connectivity index (χ0) is 20.9. The van der Waals surface area contributed by atoms with Crippen LogP contribution in [-0.2, 0) is 35.8 Å². The SMILES string of the molecule is CCOOC(=O)CCc1cc(OC(F)(F)F)cc(S(=O)(=O)N(C)C[C@H]2CO2)c1. The van der Waals surface area contributed by atoms with Crippen molar-refractivity contribution < 1.29 is 45.6 Å². The van der Waals surface area contributed by atoms with Crippen LogP contribution < -0.4 is 4.74 Å². The van der Waals surface area contributed by atoms with Crippen molar-refractivity contribution in [3.63, 3.8) is 0 Å². The van der Waals surface area contributed by atoms with Gasteiger partial charge < -0.3 is 9.47 Å². The first kappa shape index (κ1) is 22.4. The van der Waals surface area contributed by atoms with Crippen LogP contribution >= 0.6 is 0 Å². The number of carbonyl (C=O) groups is 1. The molecule has 2 rings (SSSR count). The van der Waals surface area contributed by atoms with E-state index in [-0.39, 0.29) is 42.6 Å². The summed E-state index contributed by atoms with van der Waals surface area (Å²) in [6.07, 6.45) is -5.52. The molecule has 1 saturated heterocycles. The van der Waals surface area contributed by atoms with E-state index in [1.807, 2.05) is 0 Å². The summed E-state index contributed by atoms with van der Waals surface area (Å²) >= 11 is 0. The second-order valence-corrected chi connectivity index (χ2v) is 8.01. The Morgan fingerprint density at radius 1 is 1.32 bits per heavy atom. The van der Waals surface area contributed by atoms with Gasteiger partial charge in [0.25, 0.3) is 0 Å². The first-order valence-corrected chi connectivity index (χ1v) is 9.75. The summed E-state index contributed by atoms with van der Waals surface area (Å²) in [7, 11) is -2.78. The maximum atomic E-state index is 12.7. The van der Waals surface area contributed by atoms with Crippen molar-refractivity contribution >= 4 is 16.0 Å². The molecule has 1 fully saturated rings. The monoisotopic (exact) mass is 427 g/mol. The lowest BCUT2D eigenvalue weighted by Gasteiger charge is -2.18. The molecule has 0 saturated carbocycles. The number of halogens is 3. The van der Waals surface area contributed by atoms with Gasteiger partial charge in [-0.25, -0.2) is 13.2 Å². The largest absolute Gasteiger partial charge is 0.573 e. The van der Waals surface area contributed by atoms with E-state index in [1.54, 1.807) is 6.92 Å². The number of likely N-dealkylation sites (N-methyl/N-ethyl adjacent to an activating group) is 1. The van der Waals surface area contributed by atoms with Gasteiger partial charge in [0.15, 0.2) is 0 Å². The maximum absolute atomic E-state index is 12.7. The van der Waals surface area contributed by atoms with Gasteiger partial charge in [-0.05, 0) is 31.0 Å². The number of carbonyl (C=O) groups excluding carboxylic acids is 1. The van der Waals surface area contributed by atoms with E-state index in [1.165, 1.54) is 13.1 Å². The van der Waals surface area contributed by atoms with Crippen molar-refractivity contribution in [1.29, 1.82) is 0 Å². The lowest BCUT2D eigenvalue weighted by Crippen LogP contribution is -2.30. The number of benzene rings is 1. The van der Waals surface area contributed by atoms with Gasteiger partial charge in [-0.3, -0.25) is 4.89 Å². The van der Waals surface area contributed by atoms with Gasteiger partial charge in [0, 0.05) is 19.7 Å². The average molecular weight is 427 g/mol. The molecule has 0 bridgehead atoms. The Balaban J connectivity index is 2.24. The molecule has 0 aliphatic carbocycles. The van der Waals surface area contributed by atoms with E-state index in [0.29, 0.717) is 6.61 Å². The molecule has 1 aliphatic rings. The predicted octanol–water partition coefficient (Wildman–Crippen LogP) is 2.03. The summed E-state index contributed by atoms with van der Waals surface area (Å²) in [5.41, 5.74) is 0.157. The molecule has 0 radical (unpaired) electrons. The Morgan fingerprint density at radius 2 is 2.00 bits per heavy atom. The van der Waals surface area contributed by atoms with Crippen molar-refractivity contribution in [2.75, 3.05) is 26.8 Å². The normalized spacial score (nSPS) is 16.9. The van der Waals surface area contributed by atoms with Crippen LogP contribution in [0.5, 0.6) is 5.75 Å². The number of nitrogens with zero attached hydrogens (tertiary/aromatic N) is 1. The van der Waals surface area contributed by atoms with Crippen molar-refractivity contribution in [3.05, 3.63) is 23.8 Å². The average Bonchev–Trinajstić information content (AvgIpc) is 3.40. The summed E-state index contributed by atoms with van der Waals surface area (Å²) in [5, 5.41) is 0. The molecule has 1 aliphatic heterocycles. The highest BCUT2D eigenvalue weighted by molar-refractivity contribution is 7.89. The first-order valence-electron chi connectivity index (χ1n) is 8.31. The fourth-order valence-electron chi connectivity index (χ4n) is 2.27. The van der Waals surface area contributed by atoms with Gasteiger partial charge >= 0.3 is 12.3 Å². The van der Waals surface area contributed by atoms with Crippen LogP contribution in [0.25, 0.3) is 0 Å². The van der Waals surface area contributed by atoms with Gasteiger partial charge in [0.2, 0.25) is 10.0 Å². The zero-order valence-corrected chi connectivity index (χ0v) is 16.0. The Bertz CT molecular complexity index is 794. The van der Waals surface area contributed by atoms with Crippen molar-refractivity contribution in [3.8, 4) is 5.75 Å². The fourth-order valence-corrected chi connectivity index (χ4v) is 3.56. The van der Waals surface area contributed by atoms with Crippen molar-refractivity contribution in [1.82, 2.24) is 4.31 Å². The number of aryl methyl sites for hydroxylation is 1.